The van der Waals surface area contributed by atoms with E-state index in [1.165, 1.54) is 22.4 Å². The summed E-state index contributed by atoms with van der Waals surface area (Å²) in [5.74, 6) is -0.295. The van der Waals surface area contributed by atoms with Gasteiger partial charge in [0.05, 0.1) is 0 Å². The fraction of sp³-hybridized carbons (Fsp3) is 0.167. The molecule has 0 unspecified atom stereocenters. The van der Waals surface area contributed by atoms with E-state index in [0.29, 0.717) is 16.1 Å². The number of benzene rings is 2. The van der Waals surface area contributed by atoms with Gasteiger partial charge >= 0.3 is 5.97 Å². The van der Waals surface area contributed by atoms with Gasteiger partial charge in [-0.25, -0.2) is 4.79 Å². The number of aryl methyl sites for hydroxylation is 1. The van der Waals surface area contributed by atoms with Crippen molar-refractivity contribution in [3.8, 4) is 0 Å². The standard InChI is InChI=1S/C18H18O2Si/c1-14-7-6-10-17(15(14)2)21-12-11-18(19)20-13-16-8-4-3-5-9-16/h3-12H,13H2,1-2H3. The van der Waals surface area contributed by atoms with E-state index in [0.717, 1.165) is 5.56 Å². The third-order valence-electron chi connectivity index (χ3n) is 3.29. The highest BCUT2D eigenvalue weighted by Crippen LogP contribution is 2.02. The molecule has 0 aliphatic heterocycles. The molecule has 3 heteroatoms. The summed E-state index contributed by atoms with van der Waals surface area (Å²) in [5, 5.41) is 1.27. The van der Waals surface area contributed by atoms with Crippen molar-refractivity contribution in [3.63, 3.8) is 0 Å². The molecular weight excluding hydrogens is 276 g/mol. The van der Waals surface area contributed by atoms with Crippen molar-refractivity contribution < 1.29 is 9.53 Å². The van der Waals surface area contributed by atoms with Crippen molar-refractivity contribution in [1.29, 1.82) is 0 Å². The monoisotopic (exact) mass is 294 g/mol. The van der Waals surface area contributed by atoms with E-state index in [-0.39, 0.29) is 5.97 Å². The number of rotatable bonds is 5. The van der Waals surface area contributed by atoms with E-state index in [1.807, 2.05) is 42.1 Å². The number of carbonyl (C=O) groups is 1. The average molecular weight is 294 g/mol. The van der Waals surface area contributed by atoms with Gasteiger partial charge in [-0.05, 0) is 30.5 Å². The van der Waals surface area contributed by atoms with Gasteiger partial charge in [-0.3, -0.25) is 0 Å². The van der Waals surface area contributed by atoms with Crippen molar-refractivity contribution in [2.24, 2.45) is 0 Å². The minimum absolute atomic E-state index is 0.295. The van der Waals surface area contributed by atoms with E-state index < -0.39 is 0 Å². The van der Waals surface area contributed by atoms with Crippen LogP contribution in [0.4, 0.5) is 0 Å². The number of hydrogen-bond donors (Lipinski definition) is 0. The summed E-state index contributed by atoms with van der Waals surface area (Å²) in [5.41, 5.74) is 5.45. The van der Waals surface area contributed by atoms with Crippen LogP contribution in [0.2, 0.25) is 0 Å². The van der Waals surface area contributed by atoms with Gasteiger partial charge in [-0.1, -0.05) is 59.4 Å². The molecule has 0 spiro atoms. The fourth-order valence-corrected chi connectivity index (χ4v) is 2.89. The van der Waals surface area contributed by atoms with Crippen molar-refractivity contribution in [3.05, 3.63) is 77.0 Å². The molecular formula is C18H18O2Si. The highest BCUT2D eigenvalue weighted by molar-refractivity contribution is 6.59. The van der Waals surface area contributed by atoms with Crippen LogP contribution in [-0.4, -0.2) is 15.5 Å². The maximum atomic E-state index is 11.7. The molecule has 2 rings (SSSR count). The second kappa shape index (κ2) is 7.60. The third-order valence-corrected chi connectivity index (χ3v) is 4.47. The van der Waals surface area contributed by atoms with Gasteiger partial charge in [0.15, 0.2) is 0 Å². The molecule has 0 N–H and O–H groups in total. The Balaban J connectivity index is 1.84. The van der Waals surface area contributed by atoms with Crippen LogP contribution in [0, 0.1) is 13.8 Å². The molecule has 0 heterocycles. The number of ether oxygens (including phenoxy) is 1. The van der Waals surface area contributed by atoms with Gasteiger partial charge in [0.2, 0.25) is 0 Å². The van der Waals surface area contributed by atoms with Gasteiger partial charge in [0.1, 0.15) is 16.1 Å². The van der Waals surface area contributed by atoms with Crippen molar-refractivity contribution in [2.45, 2.75) is 20.5 Å². The molecule has 0 bridgehead atoms. The minimum atomic E-state index is -0.295. The number of esters is 1. The van der Waals surface area contributed by atoms with Crippen LogP contribution in [0.5, 0.6) is 0 Å². The Morgan fingerprint density at radius 1 is 1.10 bits per heavy atom. The second-order valence-corrected chi connectivity index (χ2v) is 5.98. The SMILES string of the molecule is Cc1cccc([Si]C=CC(=O)OCc2ccccc2)c1C. The van der Waals surface area contributed by atoms with Crippen LogP contribution in [0.1, 0.15) is 16.7 Å². The summed E-state index contributed by atoms with van der Waals surface area (Å²) < 4.78 is 5.20. The Morgan fingerprint density at radius 2 is 1.86 bits per heavy atom. The summed E-state index contributed by atoms with van der Waals surface area (Å²) in [7, 11) is 0.482. The molecule has 0 aliphatic rings. The maximum absolute atomic E-state index is 11.7. The van der Waals surface area contributed by atoms with E-state index in [4.69, 9.17) is 4.74 Å². The van der Waals surface area contributed by atoms with Crippen LogP contribution >= 0.6 is 0 Å². The fourth-order valence-electron chi connectivity index (χ4n) is 1.88. The smallest absolute Gasteiger partial charge is 0.330 e. The predicted octanol–water partition coefficient (Wildman–Crippen LogP) is 2.89. The van der Waals surface area contributed by atoms with Gasteiger partial charge in [-0.15, -0.1) is 0 Å². The largest absolute Gasteiger partial charge is 0.458 e. The summed E-state index contributed by atoms with van der Waals surface area (Å²) in [6, 6.07) is 15.9. The lowest BCUT2D eigenvalue weighted by Crippen LogP contribution is -2.17. The molecule has 2 aromatic rings. The number of hydrogen-bond acceptors (Lipinski definition) is 2. The summed E-state index contributed by atoms with van der Waals surface area (Å²) in [4.78, 5) is 11.7. The van der Waals surface area contributed by atoms with E-state index in [1.54, 1.807) is 0 Å². The first-order valence-corrected chi connectivity index (χ1v) is 7.94. The van der Waals surface area contributed by atoms with Gasteiger partial charge < -0.3 is 4.74 Å². The summed E-state index contributed by atoms with van der Waals surface area (Å²) in [6.45, 7) is 4.52. The molecule has 0 saturated carbocycles. The highest BCUT2D eigenvalue weighted by atomic mass is 28.2. The first-order chi connectivity index (χ1) is 10.2. The molecule has 106 valence electrons. The maximum Gasteiger partial charge on any atom is 0.330 e. The zero-order valence-electron chi connectivity index (χ0n) is 12.3. The quantitative estimate of drug-likeness (QED) is 0.481. The van der Waals surface area contributed by atoms with Crippen LogP contribution in [0.25, 0.3) is 0 Å². The van der Waals surface area contributed by atoms with E-state index in [9.17, 15) is 4.79 Å². The normalized spacial score (nSPS) is 10.8. The molecule has 2 aromatic carbocycles. The van der Waals surface area contributed by atoms with Crippen molar-refractivity contribution in [2.75, 3.05) is 0 Å². The Kier molecular flexibility index (Phi) is 5.52. The minimum Gasteiger partial charge on any atom is -0.458 e. The average Bonchev–Trinajstić information content (AvgIpc) is 2.50. The van der Waals surface area contributed by atoms with Crippen molar-refractivity contribution >= 4 is 20.7 Å². The Bertz CT molecular complexity index is 633. The number of carbonyl (C=O) groups excluding carboxylic acids is 1. The van der Waals surface area contributed by atoms with Crippen molar-refractivity contribution in [1.82, 2.24) is 0 Å². The molecule has 0 atom stereocenters. The van der Waals surface area contributed by atoms with Gasteiger partial charge in [-0.2, -0.15) is 0 Å². The lowest BCUT2D eigenvalue weighted by atomic mass is 10.1. The second-order valence-electron chi connectivity index (χ2n) is 4.82. The zero-order valence-corrected chi connectivity index (χ0v) is 13.3. The molecule has 21 heavy (non-hydrogen) atoms. The first kappa shape index (κ1) is 15.3. The van der Waals surface area contributed by atoms with E-state index in [2.05, 4.69) is 26.0 Å². The molecule has 0 aliphatic carbocycles. The third kappa shape index (κ3) is 4.72. The zero-order chi connectivity index (χ0) is 15.1. The van der Waals surface area contributed by atoms with Crippen LogP contribution < -0.4 is 5.19 Å². The Hall–Kier alpha value is -2.13. The Labute approximate surface area is 128 Å². The van der Waals surface area contributed by atoms with E-state index >= 15 is 0 Å². The molecule has 0 saturated heterocycles. The van der Waals surface area contributed by atoms with Gasteiger partial charge in [0.25, 0.3) is 0 Å². The molecule has 2 nitrogen and oxygen atoms in total. The topological polar surface area (TPSA) is 26.3 Å². The highest BCUT2D eigenvalue weighted by Gasteiger charge is 2.01. The van der Waals surface area contributed by atoms with Crippen LogP contribution in [0.15, 0.2) is 60.3 Å². The summed E-state index contributed by atoms with van der Waals surface area (Å²) >= 11 is 0. The lowest BCUT2D eigenvalue weighted by molar-refractivity contribution is -0.138. The molecule has 0 fully saturated rings. The molecule has 0 aromatic heterocycles. The summed E-state index contributed by atoms with van der Waals surface area (Å²) in [6.07, 6.45) is 1.52. The molecule has 2 radical (unpaired) electrons. The van der Waals surface area contributed by atoms with Crippen LogP contribution in [0.3, 0.4) is 0 Å². The first-order valence-electron chi connectivity index (χ1n) is 6.87. The van der Waals surface area contributed by atoms with Gasteiger partial charge in [0, 0.05) is 6.08 Å². The van der Waals surface area contributed by atoms with Crippen LogP contribution in [-0.2, 0) is 16.1 Å². The molecule has 0 amide bonds. The lowest BCUT2D eigenvalue weighted by Gasteiger charge is -2.05. The predicted molar refractivity (Wildman–Crippen MR) is 86.7 cm³/mol. The Morgan fingerprint density at radius 3 is 2.62 bits per heavy atom.